The Hall–Kier alpha value is -3.43. The standard InChI is InChI=1S/C19H15F4N3O3/c1-11(27)28-16(10-20)18-26-25-17(29-18)14-4-2-3-5-15(14)24-13-8-6-12(7-9-13)19(21,22)23/h2-9,16,24H,10H2,1H3. The number of hydrogen-bond donors (Lipinski definition) is 1. The summed E-state index contributed by atoms with van der Waals surface area (Å²) in [7, 11) is 0. The third-order valence-corrected chi connectivity index (χ3v) is 3.81. The molecule has 0 saturated heterocycles. The Morgan fingerprint density at radius 1 is 1.14 bits per heavy atom. The first-order valence-corrected chi connectivity index (χ1v) is 8.38. The smallest absolute Gasteiger partial charge is 0.416 e. The number of para-hydroxylation sites is 1. The number of anilines is 2. The first-order valence-electron chi connectivity index (χ1n) is 8.38. The monoisotopic (exact) mass is 409 g/mol. The van der Waals surface area contributed by atoms with E-state index in [0.29, 0.717) is 16.9 Å². The molecule has 0 fully saturated rings. The van der Waals surface area contributed by atoms with Gasteiger partial charge in [-0.05, 0) is 36.4 Å². The van der Waals surface area contributed by atoms with Gasteiger partial charge in [0.1, 0.15) is 6.67 Å². The van der Waals surface area contributed by atoms with Crippen molar-refractivity contribution in [3.05, 3.63) is 60.0 Å². The molecule has 3 aromatic rings. The lowest BCUT2D eigenvalue weighted by atomic mass is 10.1. The third-order valence-electron chi connectivity index (χ3n) is 3.81. The largest absolute Gasteiger partial charge is 0.450 e. The molecule has 6 nitrogen and oxygen atoms in total. The summed E-state index contributed by atoms with van der Waals surface area (Å²) in [5.41, 5.74) is 0.561. The maximum absolute atomic E-state index is 13.1. The van der Waals surface area contributed by atoms with Gasteiger partial charge in [0.2, 0.25) is 12.0 Å². The molecule has 0 aliphatic carbocycles. The van der Waals surface area contributed by atoms with E-state index in [-0.39, 0.29) is 11.8 Å². The van der Waals surface area contributed by atoms with Gasteiger partial charge in [-0.3, -0.25) is 4.79 Å². The Labute approximate surface area is 162 Å². The first-order chi connectivity index (χ1) is 13.8. The minimum absolute atomic E-state index is 0.0283. The Morgan fingerprint density at radius 2 is 1.83 bits per heavy atom. The fourth-order valence-electron chi connectivity index (χ4n) is 2.50. The number of benzene rings is 2. The van der Waals surface area contributed by atoms with Gasteiger partial charge >= 0.3 is 12.1 Å². The van der Waals surface area contributed by atoms with E-state index in [1.165, 1.54) is 12.1 Å². The zero-order valence-corrected chi connectivity index (χ0v) is 15.0. The molecule has 10 heteroatoms. The molecular weight excluding hydrogens is 394 g/mol. The van der Waals surface area contributed by atoms with Gasteiger partial charge in [0.25, 0.3) is 5.89 Å². The van der Waals surface area contributed by atoms with Crippen LogP contribution in [0.2, 0.25) is 0 Å². The van der Waals surface area contributed by atoms with Crippen molar-refractivity contribution >= 4 is 17.3 Å². The molecule has 0 radical (unpaired) electrons. The van der Waals surface area contributed by atoms with Crippen LogP contribution in [0.5, 0.6) is 0 Å². The molecule has 1 aromatic heterocycles. The lowest BCUT2D eigenvalue weighted by Gasteiger charge is -2.12. The van der Waals surface area contributed by atoms with E-state index in [2.05, 4.69) is 15.5 Å². The van der Waals surface area contributed by atoms with E-state index in [9.17, 15) is 22.4 Å². The molecule has 0 spiro atoms. The summed E-state index contributed by atoms with van der Waals surface area (Å²) < 4.78 is 61.4. The highest BCUT2D eigenvalue weighted by Crippen LogP contribution is 2.33. The summed E-state index contributed by atoms with van der Waals surface area (Å²) in [6.45, 7) is 0.0931. The van der Waals surface area contributed by atoms with Crippen LogP contribution in [0.3, 0.4) is 0 Å². The average Bonchev–Trinajstić information content (AvgIpc) is 3.16. The Bertz CT molecular complexity index is 987. The van der Waals surface area contributed by atoms with E-state index in [1.807, 2.05) is 0 Å². The quantitative estimate of drug-likeness (QED) is 0.452. The van der Waals surface area contributed by atoms with Crippen molar-refractivity contribution in [1.29, 1.82) is 0 Å². The van der Waals surface area contributed by atoms with Crippen LogP contribution in [0.25, 0.3) is 11.5 Å². The minimum atomic E-state index is -4.43. The van der Waals surface area contributed by atoms with E-state index in [4.69, 9.17) is 9.15 Å². The number of carbonyl (C=O) groups excluding carboxylic acids is 1. The first kappa shape index (κ1) is 20.3. The molecule has 0 aliphatic heterocycles. The second kappa shape index (κ2) is 8.29. The summed E-state index contributed by atoms with van der Waals surface area (Å²) in [6.07, 6.45) is -5.74. The summed E-state index contributed by atoms with van der Waals surface area (Å²) >= 11 is 0. The number of rotatable bonds is 6. The molecule has 1 atom stereocenters. The molecule has 1 unspecified atom stereocenters. The average molecular weight is 409 g/mol. The molecule has 0 bridgehead atoms. The van der Waals surface area contributed by atoms with Crippen LogP contribution < -0.4 is 5.32 Å². The molecule has 152 valence electrons. The van der Waals surface area contributed by atoms with E-state index < -0.39 is 30.5 Å². The number of hydrogen-bond acceptors (Lipinski definition) is 6. The molecule has 1 heterocycles. The van der Waals surface area contributed by atoms with Crippen molar-refractivity contribution in [2.45, 2.75) is 19.2 Å². The van der Waals surface area contributed by atoms with Crippen LogP contribution in [0.4, 0.5) is 28.9 Å². The van der Waals surface area contributed by atoms with Gasteiger partial charge in [0.05, 0.1) is 16.8 Å². The van der Waals surface area contributed by atoms with Gasteiger partial charge in [-0.1, -0.05) is 12.1 Å². The molecule has 2 aromatic carbocycles. The second-order valence-electron chi connectivity index (χ2n) is 5.94. The van der Waals surface area contributed by atoms with Gasteiger partial charge in [0, 0.05) is 12.6 Å². The number of nitrogens with zero attached hydrogens (tertiary/aromatic N) is 2. The van der Waals surface area contributed by atoms with Crippen LogP contribution >= 0.6 is 0 Å². The normalized spacial score (nSPS) is 12.4. The van der Waals surface area contributed by atoms with E-state index in [0.717, 1.165) is 19.1 Å². The maximum Gasteiger partial charge on any atom is 0.416 e. The summed E-state index contributed by atoms with van der Waals surface area (Å²) in [4.78, 5) is 11.0. The molecule has 0 amide bonds. The maximum atomic E-state index is 13.1. The number of halogens is 4. The van der Waals surface area contributed by atoms with Crippen molar-refractivity contribution in [1.82, 2.24) is 10.2 Å². The number of ether oxygens (including phenoxy) is 1. The Kier molecular flexibility index (Phi) is 5.81. The molecule has 1 N–H and O–H groups in total. The molecular formula is C19H15F4N3O3. The lowest BCUT2D eigenvalue weighted by Crippen LogP contribution is -2.10. The highest BCUT2D eigenvalue weighted by Gasteiger charge is 2.30. The number of nitrogens with one attached hydrogen (secondary N) is 1. The number of alkyl halides is 4. The number of esters is 1. The minimum Gasteiger partial charge on any atom is -0.450 e. The van der Waals surface area contributed by atoms with Crippen LogP contribution in [-0.2, 0) is 15.7 Å². The van der Waals surface area contributed by atoms with Gasteiger partial charge in [-0.2, -0.15) is 13.2 Å². The van der Waals surface area contributed by atoms with Crippen LogP contribution in [0.15, 0.2) is 52.9 Å². The van der Waals surface area contributed by atoms with Gasteiger partial charge < -0.3 is 14.5 Å². The van der Waals surface area contributed by atoms with Gasteiger partial charge in [0.15, 0.2) is 0 Å². The fourth-order valence-corrected chi connectivity index (χ4v) is 2.50. The van der Waals surface area contributed by atoms with Crippen molar-refractivity contribution in [2.75, 3.05) is 12.0 Å². The third kappa shape index (κ3) is 4.89. The van der Waals surface area contributed by atoms with Crippen molar-refractivity contribution in [2.24, 2.45) is 0 Å². The van der Waals surface area contributed by atoms with Crippen LogP contribution in [0, 0.1) is 0 Å². The fraction of sp³-hybridized carbons (Fsp3) is 0.211. The number of carbonyl (C=O) groups is 1. The summed E-state index contributed by atoms with van der Waals surface area (Å²) in [5, 5.41) is 10.5. The number of aromatic nitrogens is 2. The summed E-state index contributed by atoms with van der Waals surface area (Å²) in [5.74, 6) is -0.876. The van der Waals surface area contributed by atoms with Crippen LogP contribution in [0.1, 0.15) is 24.5 Å². The zero-order valence-electron chi connectivity index (χ0n) is 15.0. The summed E-state index contributed by atoms with van der Waals surface area (Å²) in [6, 6.07) is 11.2. The predicted octanol–water partition coefficient (Wildman–Crippen LogP) is 5.07. The highest BCUT2D eigenvalue weighted by molar-refractivity contribution is 5.76. The van der Waals surface area contributed by atoms with Crippen molar-refractivity contribution in [3.8, 4) is 11.5 Å². The van der Waals surface area contributed by atoms with E-state index in [1.54, 1.807) is 24.3 Å². The van der Waals surface area contributed by atoms with Crippen molar-refractivity contribution in [3.63, 3.8) is 0 Å². The SMILES string of the molecule is CC(=O)OC(CF)c1nnc(-c2ccccc2Nc2ccc(C(F)(F)F)cc2)o1. The molecule has 3 rings (SSSR count). The lowest BCUT2D eigenvalue weighted by molar-refractivity contribution is -0.148. The molecule has 29 heavy (non-hydrogen) atoms. The highest BCUT2D eigenvalue weighted by atomic mass is 19.4. The molecule has 0 aliphatic rings. The predicted molar refractivity (Wildman–Crippen MR) is 94.9 cm³/mol. The second-order valence-corrected chi connectivity index (χ2v) is 5.94. The van der Waals surface area contributed by atoms with Gasteiger partial charge in [-0.15, -0.1) is 10.2 Å². The molecule has 0 saturated carbocycles. The zero-order chi connectivity index (χ0) is 21.0. The van der Waals surface area contributed by atoms with Gasteiger partial charge in [-0.25, -0.2) is 4.39 Å². The van der Waals surface area contributed by atoms with Crippen LogP contribution in [-0.4, -0.2) is 22.8 Å². The topological polar surface area (TPSA) is 77.2 Å². The Morgan fingerprint density at radius 3 is 2.45 bits per heavy atom. The Balaban J connectivity index is 1.85. The van der Waals surface area contributed by atoms with Crippen molar-refractivity contribution < 1.29 is 31.5 Å². The van der Waals surface area contributed by atoms with E-state index >= 15 is 0 Å².